The second-order valence-electron chi connectivity index (χ2n) is 10.4. The normalized spacial score (nSPS) is 11.4. The van der Waals surface area contributed by atoms with Gasteiger partial charge in [-0.3, -0.25) is 14.9 Å². The number of nitro groups is 1. The topological polar surface area (TPSA) is 109 Å². The Balaban J connectivity index is 1.52. The zero-order valence-corrected chi connectivity index (χ0v) is 26.7. The zero-order chi connectivity index (χ0) is 31.5. The van der Waals surface area contributed by atoms with Crippen LogP contribution in [0.3, 0.4) is 0 Å². The summed E-state index contributed by atoms with van der Waals surface area (Å²) in [6.07, 6.45) is 1.54. The van der Waals surface area contributed by atoms with Crippen LogP contribution in [0.5, 0.6) is 11.5 Å². The lowest BCUT2D eigenvalue weighted by Gasteiger charge is -2.17. The molecule has 0 N–H and O–H groups in total. The van der Waals surface area contributed by atoms with E-state index in [0.29, 0.717) is 37.5 Å². The monoisotopic (exact) mass is 674 g/mol. The highest BCUT2D eigenvalue weighted by Crippen LogP contribution is 2.36. The van der Waals surface area contributed by atoms with Crippen LogP contribution in [0.2, 0.25) is 5.02 Å². The molecule has 0 atom stereocenters. The molecule has 0 fully saturated rings. The van der Waals surface area contributed by atoms with Crippen LogP contribution in [-0.4, -0.2) is 27.9 Å². The number of nitrogens with zero attached hydrogens (tertiary/aromatic N) is 4. The quantitative estimate of drug-likeness (QED) is 0.0884. The molecule has 0 aliphatic rings. The first kappa shape index (κ1) is 30.9. The highest BCUT2D eigenvalue weighted by Gasteiger charge is 2.19. The fraction of sp³-hybridized carbons (Fsp3) is 0.182. The number of hydrogen-bond acceptors (Lipinski definition) is 7. The van der Waals surface area contributed by atoms with Crippen LogP contribution in [0.4, 0.5) is 5.69 Å². The fourth-order valence-electron chi connectivity index (χ4n) is 4.76. The Morgan fingerprint density at radius 1 is 1.11 bits per heavy atom. The average molecular weight is 676 g/mol. The molecule has 1 aromatic heterocycles. The largest absolute Gasteiger partial charge is 0.496 e. The van der Waals surface area contributed by atoms with Gasteiger partial charge in [0, 0.05) is 17.7 Å². The molecule has 224 valence electrons. The first-order valence-corrected chi connectivity index (χ1v) is 14.8. The summed E-state index contributed by atoms with van der Waals surface area (Å²) < 4.78 is 13.4. The number of aromatic nitrogens is 2. The third-order valence-corrected chi connectivity index (χ3v) is 7.94. The number of halogens is 2. The van der Waals surface area contributed by atoms with E-state index in [9.17, 15) is 14.9 Å². The van der Waals surface area contributed by atoms with Crippen molar-refractivity contribution in [2.45, 2.75) is 33.3 Å². The Kier molecular flexibility index (Phi) is 9.12. The Morgan fingerprint density at radius 3 is 2.50 bits per heavy atom. The maximum atomic E-state index is 13.8. The van der Waals surface area contributed by atoms with Crippen molar-refractivity contribution >= 4 is 50.3 Å². The Morgan fingerprint density at radius 2 is 1.84 bits per heavy atom. The van der Waals surface area contributed by atoms with Gasteiger partial charge in [-0.2, -0.15) is 9.78 Å². The summed E-state index contributed by atoms with van der Waals surface area (Å²) in [5, 5.41) is 16.3. The summed E-state index contributed by atoms with van der Waals surface area (Å²) in [4.78, 5) is 29.1. The van der Waals surface area contributed by atoms with Gasteiger partial charge < -0.3 is 9.47 Å². The zero-order valence-electron chi connectivity index (χ0n) is 24.4. The van der Waals surface area contributed by atoms with Crippen molar-refractivity contribution in [2.75, 3.05) is 7.11 Å². The summed E-state index contributed by atoms with van der Waals surface area (Å²) in [7, 11) is 1.64. The first-order valence-electron chi connectivity index (χ1n) is 13.7. The highest BCUT2D eigenvalue weighted by molar-refractivity contribution is 9.10. The van der Waals surface area contributed by atoms with Gasteiger partial charge in [-0.25, -0.2) is 4.98 Å². The van der Waals surface area contributed by atoms with E-state index in [4.69, 9.17) is 26.1 Å². The van der Waals surface area contributed by atoms with E-state index in [1.54, 1.807) is 49.7 Å². The molecular weight excluding hydrogens is 648 g/mol. The molecular formula is C33H28BrClN4O5. The van der Waals surface area contributed by atoms with E-state index in [2.05, 4.69) is 34.9 Å². The standard InChI is InChI=1S/C33H28BrClN4O5/c1-19(2)25-16-26(20(3)13-30(25)43-4)32-37-29-8-6-5-7-24(29)33(40)38(32)36-17-22-14-27(34)31(28(35)15-22)44-18-21-9-11-23(12-10-21)39(41)42/h5-17,19H,18H2,1-4H3. The maximum Gasteiger partial charge on any atom is 0.282 e. The lowest BCUT2D eigenvalue weighted by Crippen LogP contribution is -2.20. The van der Waals surface area contributed by atoms with E-state index in [1.165, 1.54) is 16.8 Å². The first-order chi connectivity index (χ1) is 21.1. The van der Waals surface area contributed by atoms with Crippen molar-refractivity contribution in [2.24, 2.45) is 5.10 Å². The molecule has 0 saturated carbocycles. The number of non-ortho nitro benzene ring substituents is 1. The molecule has 0 saturated heterocycles. The molecule has 5 aromatic rings. The minimum Gasteiger partial charge on any atom is -0.496 e. The van der Waals surface area contributed by atoms with E-state index >= 15 is 0 Å². The number of aryl methyl sites for hydroxylation is 1. The van der Waals surface area contributed by atoms with Crippen LogP contribution in [-0.2, 0) is 6.61 Å². The molecule has 4 aromatic carbocycles. The molecule has 0 bridgehead atoms. The molecule has 44 heavy (non-hydrogen) atoms. The van der Waals surface area contributed by atoms with Crippen molar-refractivity contribution in [3.8, 4) is 22.9 Å². The van der Waals surface area contributed by atoms with Crippen LogP contribution in [0.15, 0.2) is 87.2 Å². The minimum atomic E-state index is -0.454. The molecule has 9 nitrogen and oxygen atoms in total. The Hall–Kier alpha value is -4.54. The van der Waals surface area contributed by atoms with Crippen LogP contribution in [0.25, 0.3) is 22.3 Å². The summed E-state index contributed by atoms with van der Waals surface area (Å²) >= 11 is 10.1. The summed E-state index contributed by atoms with van der Waals surface area (Å²) in [5.41, 5.74) is 4.27. The fourth-order valence-corrected chi connectivity index (χ4v) is 5.75. The van der Waals surface area contributed by atoms with E-state index in [-0.39, 0.29) is 23.8 Å². The second kappa shape index (κ2) is 13.0. The number of benzene rings is 4. The Bertz CT molecular complexity index is 1950. The van der Waals surface area contributed by atoms with Crippen molar-refractivity contribution in [1.29, 1.82) is 0 Å². The molecule has 0 spiro atoms. The van der Waals surface area contributed by atoms with Gasteiger partial charge in [-0.05, 0) is 99.6 Å². The highest BCUT2D eigenvalue weighted by atomic mass is 79.9. The molecule has 5 rings (SSSR count). The van der Waals surface area contributed by atoms with E-state index in [0.717, 1.165) is 28.0 Å². The van der Waals surface area contributed by atoms with Crippen molar-refractivity contribution in [3.05, 3.63) is 125 Å². The minimum absolute atomic E-state index is 0.00277. The van der Waals surface area contributed by atoms with E-state index in [1.807, 2.05) is 31.2 Å². The summed E-state index contributed by atoms with van der Waals surface area (Å²) in [6, 6.07) is 20.7. The number of methoxy groups -OCH3 is 1. The Labute approximate surface area is 267 Å². The van der Waals surface area contributed by atoms with Gasteiger partial charge in [0.25, 0.3) is 11.2 Å². The van der Waals surface area contributed by atoms with Gasteiger partial charge in [0.1, 0.15) is 12.4 Å². The lowest BCUT2D eigenvalue weighted by molar-refractivity contribution is -0.384. The SMILES string of the molecule is COc1cc(C)c(-c2nc3ccccc3c(=O)n2N=Cc2cc(Cl)c(OCc3ccc([N+](=O)[O-])cc3)c(Br)c2)cc1C(C)C. The number of ether oxygens (including phenoxy) is 2. The number of fused-ring (bicyclic) bond motifs is 1. The average Bonchev–Trinajstić information content (AvgIpc) is 3.00. The maximum absolute atomic E-state index is 13.8. The molecule has 0 amide bonds. The molecule has 1 heterocycles. The van der Waals surface area contributed by atoms with Gasteiger partial charge in [-0.1, -0.05) is 37.6 Å². The molecule has 0 aliphatic carbocycles. The van der Waals surface area contributed by atoms with Gasteiger partial charge in [0.2, 0.25) is 0 Å². The van der Waals surface area contributed by atoms with Crippen LogP contribution in [0, 0.1) is 17.0 Å². The van der Waals surface area contributed by atoms with E-state index < -0.39 is 4.92 Å². The van der Waals surface area contributed by atoms with Gasteiger partial charge >= 0.3 is 0 Å². The number of hydrogen-bond donors (Lipinski definition) is 0. The predicted molar refractivity (Wildman–Crippen MR) is 176 cm³/mol. The number of para-hydroxylation sites is 1. The third kappa shape index (κ3) is 6.36. The molecule has 11 heteroatoms. The molecule has 0 unspecified atom stereocenters. The van der Waals surface area contributed by atoms with Crippen LogP contribution < -0.4 is 15.0 Å². The molecule has 0 aliphatic heterocycles. The van der Waals surface area contributed by atoms with Crippen molar-refractivity contribution in [1.82, 2.24) is 9.66 Å². The predicted octanol–water partition coefficient (Wildman–Crippen LogP) is 8.29. The summed E-state index contributed by atoms with van der Waals surface area (Å²) in [5.74, 6) is 1.76. The van der Waals surface area contributed by atoms with Crippen molar-refractivity contribution in [3.63, 3.8) is 0 Å². The molecule has 0 radical (unpaired) electrons. The number of nitro benzene ring substituents is 1. The van der Waals surface area contributed by atoms with Gasteiger partial charge in [0.05, 0.1) is 38.6 Å². The summed E-state index contributed by atoms with van der Waals surface area (Å²) in [6.45, 7) is 6.27. The number of rotatable bonds is 9. The lowest BCUT2D eigenvalue weighted by atomic mass is 9.96. The van der Waals surface area contributed by atoms with Crippen LogP contribution in [0.1, 0.15) is 42.0 Å². The smallest absolute Gasteiger partial charge is 0.282 e. The van der Waals surface area contributed by atoms with Crippen molar-refractivity contribution < 1.29 is 14.4 Å². The van der Waals surface area contributed by atoms with Gasteiger partial charge in [-0.15, -0.1) is 0 Å². The van der Waals surface area contributed by atoms with Gasteiger partial charge in [0.15, 0.2) is 11.6 Å². The van der Waals surface area contributed by atoms with Crippen LogP contribution >= 0.6 is 27.5 Å². The third-order valence-electron chi connectivity index (χ3n) is 7.07. The second-order valence-corrected chi connectivity index (χ2v) is 11.7.